The van der Waals surface area contributed by atoms with Crippen LogP contribution in [0.2, 0.25) is 0 Å². The monoisotopic (exact) mass is 426 g/mol. The molecular weight excluding hydrogens is 395 g/mol. The molecule has 1 aromatic carbocycles. The van der Waals surface area contributed by atoms with E-state index in [1.165, 1.54) is 30.6 Å². The number of nitrogen functional groups attached to an aromatic ring is 1. The number of halogens is 3. The fourth-order valence-electron chi connectivity index (χ4n) is 3.42. The summed E-state index contributed by atoms with van der Waals surface area (Å²) in [5, 5.41) is 0. The molecule has 0 spiro atoms. The predicted molar refractivity (Wildman–Crippen MR) is 101 cm³/mol. The van der Waals surface area contributed by atoms with E-state index in [-0.39, 0.29) is 41.5 Å². The molecule has 5 nitrogen and oxygen atoms in total. The molecule has 0 saturated carbocycles. The summed E-state index contributed by atoms with van der Waals surface area (Å²) in [5.74, 6) is 0. The van der Waals surface area contributed by atoms with Gasteiger partial charge in [-0.05, 0) is 37.5 Å². The zero-order valence-electron chi connectivity index (χ0n) is 18.5. The number of ether oxygens (including phenoxy) is 1. The zero-order chi connectivity index (χ0) is 16.1. The maximum atomic E-state index is 6.23. The average molecular weight is 428 g/mol. The van der Waals surface area contributed by atoms with Crippen LogP contribution in [-0.4, -0.2) is 64.4 Å². The zero-order valence-corrected chi connectivity index (χ0v) is 17.7. The largest absolute Gasteiger partial charge is 1.00 e. The normalized spacial score (nSPS) is 17.5. The number of benzene rings is 1. The molecule has 2 fully saturated rings. The summed E-state index contributed by atoms with van der Waals surface area (Å²) < 4.78 is 5.41. The second-order valence-electron chi connectivity index (χ2n) is 6.67. The summed E-state index contributed by atoms with van der Waals surface area (Å²) in [6.07, 6.45) is 3.89. The van der Waals surface area contributed by atoms with Crippen LogP contribution in [0.3, 0.4) is 0 Å². The molecule has 2 heterocycles. The van der Waals surface area contributed by atoms with Gasteiger partial charge in [-0.3, -0.25) is 4.90 Å². The summed E-state index contributed by atoms with van der Waals surface area (Å²) in [6.45, 7) is 8.21. The Kier molecular flexibility index (Phi) is 12.4. The molecule has 0 radical (unpaired) electrons. The van der Waals surface area contributed by atoms with Crippen LogP contribution in [-0.2, 0) is 4.74 Å². The number of nitrogens with zero attached hydrogens (tertiary/aromatic N) is 3. The maximum Gasteiger partial charge on any atom is 1.00 e. The smallest absolute Gasteiger partial charge is 1.00 e. The first-order valence-electron chi connectivity index (χ1n) is 8.90. The Morgan fingerprint density at radius 2 is 1.69 bits per heavy atom. The van der Waals surface area contributed by atoms with Gasteiger partial charge in [-0.15, -0.1) is 0 Å². The van der Waals surface area contributed by atoms with Crippen molar-refractivity contribution in [3.8, 4) is 0 Å². The number of anilines is 3. The van der Waals surface area contributed by atoms with E-state index in [0.29, 0.717) is 0 Å². The molecule has 152 valence electrons. The van der Waals surface area contributed by atoms with Gasteiger partial charge in [0.1, 0.15) is 0 Å². The van der Waals surface area contributed by atoms with Gasteiger partial charge in [-0.25, -0.2) is 0 Å². The first kappa shape index (κ1) is 25.4. The number of hydrogen-bond donors (Lipinski definition) is 1. The molecular formula is C18H33Cl3N4O. The van der Waals surface area contributed by atoms with Gasteiger partial charge in [-0.2, -0.15) is 0 Å². The van der Waals surface area contributed by atoms with Crippen molar-refractivity contribution in [1.29, 1.82) is 0 Å². The van der Waals surface area contributed by atoms with E-state index in [1.807, 2.05) is 0 Å². The first-order valence-corrected chi connectivity index (χ1v) is 8.90. The van der Waals surface area contributed by atoms with E-state index >= 15 is 0 Å². The van der Waals surface area contributed by atoms with Crippen LogP contribution in [0.15, 0.2) is 18.2 Å². The minimum absolute atomic E-state index is 0. The highest BCUT2D eigenvalue weighted by Crippen LogP contribution is 2.30. The van der Waals surface area contributed by atoms with Gasteiger partial charge in [0, 0.05) is 52.0 Å². The van der Waals surface area contributed by atoms with Crippen molar-refractivity contribution in [3.63, 3.8) is 0 Å². The van der Waals surface area contributed by atoms with E-state index < -0.39 is 0 Å². The number of hydrogen-bond acceptors (Lipinski definition) is 5. The third kappa shape index (κ3) is 6.86. The molecule has 26 heavy (non-hydrogen) atoms. The molecule has 0 unspecified atom stereocenters. The molecule has 1 aromatic rings. The summed E-state index contributed by atoms with van der Waals surface area (Å²) in [6, 6.07) is 6.46. The maximum absolute atomic E-state index is 6.23. The lowest BCUT2D eigenvalue weighted by Crippen LogP contribution is -3.00. The Morgan fingerprint density at radius 3 is 2.35 bits per heavy atom. The second kappa shape index (κ2) is 12.7. The molecule has 0 aliphatic carbocycles. The Bertz CT molecular complexity index is 523. The topological polar surface area (TPSA) is 45.0 Å². The van der Waals surface area contributed by atoms with Crippen molar-refractivity contribution < 1.29 is 46.2 Å². The molecule has 0 bridgehead atoms. The van der Waals surface area contributed by atoms with Crippen molar-refractivity contribution in [2.45, 2.75) is 19.3 Å². The molecule has 0 aromatic heterocycles. The molecule has 8 heteroatoms. The van der Waals surface area contributed by atoms with Crippen molar-refractivity contribution in [1.82, 2.24) is 4.90 Å². The van der Waals surface area contributed by atoms with E-state index in [4.69, 9.17) is 10.5 Å². The predicted octanol–water partition coefficient (Wildman–Crippen LogP) is -6.62. The molecule has 0 amide bonds. The van der Waals surface area contributed by atoms with Crippen molar-refractivity contribution in [2.24, 2.45) is 0 Å². The van der Waals surface area contributed by atoms with E-state index in [9.17, 15) is 0 Å². The van der Waals surface area contributed by atoms with Crippen LogP contribution in [0, 0.1) is 0 Å². The minimum Gasteiger partial charge on any atom is -1.00 e. The molecule has 2 aliphatic heterocycles. The summed E-state index contributed by atoms with van der Waals surface area (Å²) in [5.41, 5.74) is 9.60. The Morgan fingerprint density at radius 1 is 1.04 bits per heavy atom. The van der Waals surface area contributed by atoms with Gasteiger partial charge in [0.2, 0.25) is 0 Å². The van der Waals surface area contributed by atoms with Gasteiger partial charge < -0.3 is 57.5 Å². The van der Waals surface area contributed by atoms with Crippen LogP contribution < -0.4 is 52.8 Å². The lowest BCUT2D eigenvalue weighted by atomic mass is 10.1. The number of rotatable bonds is 5. The second-order valence-corrected chi connectivity index (χ2v) is 6.67. The third-order valence-corrected chi connectivity index (χ3v) is 5.01. The van der Waals surface area contributed by atoms with Crippen LogP contribution in [0.1, 0.15) is 23.5 Å². The SMILES string of the molecule is CN(CCN1CCOCC1)c1ccc(N)c(N2CCCCC2)c1.[Cl-].[Cl-].[Cl-].[H+].[H+].[H+]. The highest BCUT2D eigenvalue weighted by atomic mass is 35.5. The number of likely N-dealkylation sites (N-methyl/N-ethyl adjacent to an activating group) is 1. The number of nitrogens with two attached hydrogens (primary N) is 1. The quantitative estimate of drug-likeness (QED) is 0.474. The highest BCUT2D eigenvalue weighted by molar-refractivity contribution is 5.73. The molecule has 3 rings (SSSR count). The molecule has 0 atom stereocenters. The lowest BCUT2D eigenvalue weighted by molar-refractivity contribution is -0.001000. The summed E-state index contributed by atoms with van der Waals surface area (Å²) in [4.78, 5) is 7.25. The Balaban J connectivity index is -0.000000521. The van der Waals surface area contributed by atoms with Crippen molar-refractivity contribution >= 4 is 17.1 Å². The molecule has 2 saturated heterocycles. The van der Waals surface area contributed by atoms with Gasteiger partial charge in [0.05, 0.1) is 24.6 Å². The summed E-state index contributed by atoms with van der Waals surface area (Å²) in [7, 11) is 2.17. The van der Waals surface area contributed by atoms with E-state index in [2.05, 4.69) is 39.9 Å². The van der Waals surface area contributed by atoms with Gasteiger partial charge in [-0.1, -0.05) is 0 Å². The fourth-order valence-corrected chi connectivity index (χ4v) is 3.42. The molecule has 2 aliphatic rings. The van der Waals surface area contributed by atoms with E-state index in [0.717, 1.165) is 58.2 Å². The van der Waals surface area contributed by atoms with Crippen molar-refractivity contribution in [3.05, 3.63) is 18.2 Å². The number of morpholine rings is 1. The van der Waals surface area contributed by atoms with Gasteiger partial charge in [0.15, 0.2) is 0 Å². The number of piperidine rings is 1. The van der Waals surface area contributed by atoms with Crippen molar-refractivity contribution in [2.75, 3.05) is 75.1 Å². The van der Waals surface area contributed by atoms with Crippen LogP contribution in [0.25, 0.3) is 0 Å². The minimum atomic E-state index is 0. The Hall–Kier alpha value is -0.590. The average Bonchev–Trinajstić information content (AvgIpc) is 2.62. The van der Waals surface area contributed by atoms with Gasteiger partial charge in [0.25, 0.3) is 0 Å². The standard InChI is InChI=1S/C18H30N4O.3ClH/c1-20(9-10-21-11-13-23-14-12-21)16-5-6-17(19)18(15-16)22-7-3-2-4-8-22;;;/h5-6,15H,2-4,7-14,19H2,1H3;3*1H. The van der Waals surface area contributed by atoms with Crippen LogP contribution >= 0.6 is 0 Å². The summed E-state index contributed by atoms with van der Waals surface area (Å²) >= 11 is 0. The fraction of sp³-hybridized carbons (Fsp3) is 0.667. The molecule has 2 N–H and O–H groups in total. The third-order valence-electron chi connectivity index (χ3n) is 5.01. The van der Waals surface area contributed by atoms with E-state index in [1.54, 1.807) is 0 Å². The lowest BCUT2D eigenvalue weighted by Gasteiger charge is -2.32. The van der Waals surface area contributed by atoms with Gasteiger partial charge >= 0.3 is 4.28 Å². The first-order chi connectivity index (χ1) is 11.2. The van der Waals surface area contributed by atoms with Crippen LogP contribution in [0.5, 0.6) is 0 Å². The Labute approximate surface area is 180 Å². The highest BCUT2D eigenvalue weighted by Gasteiger charge is 2.16. The van der Waals surface area contributed by atoms with Crippen LogP contribution in [0.4, 0.5) is 17.1 Å².